The van der Waals surface area contributed by atoms with Gasteiger partial charge in [0.25, 0.3) is 0 Å². The van der Waals surface area contributed by atoms with E-state index in [-0.39, 0.29) is 0 Å². The first kappa shape index (κ1) is 11.0. The Morgan fingerprint density at radius 3 is 2.29 bits per heavy atom. The van der Waals surface area contributed by atoms with Gasteiger partial charge in [0.2, 0.25) is 0 Å². The van der Waals surface area contributed by atoms with Crippen molar-refractivity contribution in [3.05, 3.63) is 18.1 Å². The lowest BCUT2D eigenvalue weighted by Crippen LogP contribution is -2.11. The van der Waals surface area contributed by atoms with Crippen molar-refractivity contribution >= 4 is 5.82 Å². The van der Waals surface area contributed by atoms with Gasteiger partial charge in [-0.05, 0) is 26.2 Å². The Labute approximate surface area is 86.0 Å². The van der Waals surface area contributed by atoms with Gasteiger partial charge in [0.05, 0.1) is 18.1 Å². The van der Waals surface area contributed by atoms with Gasteiger partial charge in [0, 0.05) is 6.04 Å². The van der Waals surface area contributed by atoms with Crippen LogP contribution in [0.2, 0.25) is 0 Å². The minimum atomic E-state index is 0.403. The highest BCUT2D eigenvalue weighted by Gasteiger charge is 2.01. The number of aromatic nitrogens is 2. The van der Waals surface area contributed by atoms with Crippen molar-refractivity contribution < 1.29 is 0 Å². The van der Waals surface area contributed by atoms with Crippen LogP contribution in [0, 0.1) is 5.92 Å². The van der Waals surface area contributed by atoms with Crippen LogP contribution in [0.4, 0.5) is 5.82 Å². The lowest BCUT2D eigenvalue weighted by Gasteiger charge is -2.09. The fraction of sp³-hybridized carbons (Fsp3) is 0.636. The summed E-state index contributed by atoms with van der Waals surface area (Å²) in [5.74, 6) is 1.49. The van der Waals surface area contributed by atoms with Gasteiger partial charge < -0.3 is 5.32 Å². The monoisotopic (exact) mass is 193 g/mol. The van der Waals surface area contributed by atoms with E-state index in [4.69, 9.17) is 0 Å². The molecule has 3 nitrogen and oxygen atoms in total. The topological polar surface area (TPSA) is 37.8 Å². The third-order valence-electron chi connectivity index (χ3n) is 1.76. The van der Waals surface area contributed by atoms with Crippen LogP contribution < -0.4 is 5.32 Å². The molecule has 1 aromatic rings. The highest BCUT2D eigenvalue weighted by atomic mass is 15.0. The molecule has 0 saturated carbocycles. The Hall–Kier alpha value is -1.12. The zero-order valence-electron chi connectivity index (χ0n) is 9.41. The summed E-state index contributed by atoms with van der Waals surface area (Å²) >= 11 is 0. The number of nitrogens with one attached hydrogen (secondary N) is 1. The van der Waals surface area contributed by atoms with E-state index in [1.165, 1.54) is 0 Å². The van der Waals surface area contributed by atoms with Gasteiger partial charge in [-0.2, -0.15) is 0 Å². The molecule has 0 aliphatic rings. The van der Waals surface area contributed by atoms with Crippen LogP contribution in [0.1, 0.15) is 33.4 Å². The van der Waals surface area contributed by atoms with Crippen LogP contribution in [0.3, 0.4) is 0 Å². The van der Waals surface area contributed by atoms with Gasteiger partial charge in [-0.1, -0.05) is 13.8 Å². The smallest absolute Gasteiger partial charge is 0.144 e. The van der Waals surface area contributed by atoms with E-state index in [1.54, 1.807) is 6.20 Å². The Morgan fingerprint density at radius 2 is 1.86 bits per heavy atom. The Balaban J connectivity index is 2.59. The molecule has 1 N–H and O–H groups in total. The van der Waals surface area contributed by atoms with Crippen molar-refractivity contribution in [2.75, 3.05) is 5.32 Å². The number of hydrogen-bond donors (Lipinski definition) is 1. The number of nitrogens with zero attached hydrogens (tertiary/aromatic N) is 2. The molecule has 0 amide bonds. The fourth-order valence-electron chi connectivity index (χ4n) is 1.25. The summed E-state index contributed by atoms with van der Waals surface area (Å²) in [6.45, 7) is 8.54. The molecule has 14 heavy (non-hydrogen) atoms. The van der Waals surface area contributed by atoms with Gasteiger partial charge in [-0.3, -0.25) is 4.98 Å². The lowest BCUT2D eigenvalue weighted by atomic mass is 10.1. The van der Waals surface area contributed by atoms with Gasteiger partial charge in [-0.15, -0.1) is 0 Å². The molecule has 1 rings (SSSR count). The van der Waals surface area contributed by atoms with Gasteiger partial charge >= 0.3 is 0 Å². The Kier molecular flexibility index (Phi) is 3.86. The molecule has 0 atom stereocenters. The van der Waals surface area contributed by atoms with Crippen molar-refractivity contribution in [3.63, 3.8) is 0 Å². The fourth-order valence-corrected chi connectivity index (χ4v) is 1.25. The van der Waals surface area contributed by atoms with Crippen LogP contribution >= 0.6 is 0 Å². The van der Waals surface area contributed by atoms with E-state index in [9.17, 15) is 0 Å². The van der Waals surface area contributed by atoms with Crippen molar-refractivity contribution in [3.8, 4) is 0 Å². The molecule has 78 valence electrons. The maximum atomic E-state index is 4.35. The average Bonchev–Trinajstić information content (AvgIpc) is 2.06. The molecule has 0 radical (unpaired) electrons. The van der Waals surface area contributed by atoms with Gasteiger partial charge in [0.1, 0.15) is 5.82 Å². The molecule has 0 unspecified atom stereocenters. The third kappa shape index (κ3) is 3.73. The largest absolute Gasteiger partial charge is 0.367 e. The minimum absolute atomic E-state index is 0.403. The molecular weight excluding hydrogens is 174 g/mol. The van der Waals surface area contributed by atoms with Gasteiger partial charge in [-0.25, -0.2) is 4.98 Å². The molecule has 0 spiro atoms. The van der Waals surface area contributed by atoms with Crippen LogP contribution in [0.5, 0.6) is 0 Å². The van der Waals surface area contributed by atoms with Crippen LogP contribution in [0.15, 0.2) is 12.4 Å². The van der Waals surface area contributed by atoms with Crippen molar-refractivity contribution in [2.45, 2.75) is 40.2 Å². The predicted octanol–water partition coefficient (Wildman–Crippen LogP) is 2.50. The van der Waals surface area contributed by atoms with E-state index >= 15 is 0 Å². The molecule has 3 heteroatoms. The second-order valence-corrected chi connectivity index (χ2v) is 4.29. The maximum absolute atomic E-state index is 4.35. The first-order chi connectivity index (χ1) is 6.58. The number of anilines is 1. The van der Waals surface area contributed by atoms with E-state index in [0.29, 0.717) is 12.0 Å². The quantitative estimate of drug-likeness (QED) is 0.798. The summed E-state index contributed by atoms with van der Waals surface area (Å²) in [6.07, 6.45) is 4.65. The van der Waals surface area contributed by atoms with Crippen LogP contribution in [-0.2, 0) is 6.42 Å². The molecule has 0 aliphatic heterocycles. The van der Waals surface area contributed by atoms with Crippen molar-refractivity contribution in [1.82, 2.24) is 9.97 Å². The minimum Gasteiger partial charge on any atom is -0.367 e. The molecule has 0 saturated heterocycles. The molecule has 1 aromatic heterocycles. The van der Waals surface area contributed by atoms with Crippen LogP contribution in [-0.4, -0.2) is 16.0 Å². The zero-order valence-corrected chi connectivity index (χ0v) is 9.41. The summed E-state index contributed by atoms with van der Waals surface area (Å²) in [4.78, 5) is 8.65. The molecular formula is C11H19N3. The standard InChI is InChI=1S/C11H19N3/c1-8(2)5-10-6-13-11(7-12-10)14-9(3)4/h6-9H,5H2,1-4H3,(H,13,14). The Bertz CT molecular complexity index is 235. The van der Waals surface area contributed by atoms with E-state index < -0.39 is 0 Å². The second kappa shape index (κ2) is 4.94. The van der Waals surface area contributed by atoms with E-state index in [2.05, 4.69) is 43.0 Å². The normalized spacial score (nSPS) is 11.0. The molecule has 0 aromatic carbocycles. The number of hydrogen-bond acceptors (Lipinski definition) is 3. The average molecular weight is 193 g/mol. The SMILES string of the molecule is CC(C)Cc1cnc(NC(C)C)cn1. The summed E-state index contributed by atoms with van der Waals surface area (Å²) in [7, 11) is 0. The molecule has 0 bridgehead atoms. The van der Waals surface area contributed by atoms with Gasteiger partial charge in [0.15, 0.2) is 0 Å². The summed E-state index contributed by atoms with van der Waals surface area (Å²) in [6, 6.07) is 0.403. The van der Waals surface area contributed by atoms with Crippen LogP contribution in [0.25, 0.3) is 0 Å². The van der Waals surface area contributed by atoms with E-state index in [0.717, 1.165) is 17.9 Å². The predicted molar refractivity (Wildman–Crippen MR) is 59.3 cm³/mol. The van der Waals surface area contributed by atoms with Crippen molar-refractivity contribution in [1.29, 1.82) is 0 Å². The first-order valence-corrected chi connectivity index (χ1v) is 5.15. The third-order valence-corrected chi connectivity index (χ3v) is 1.76. The zero-order chi connectivity index (χ0) is 10.6. The number of rotatable bonds is 4. The summed E-state index contributed by atoms with van der Waals surface area (Å²) in [5.41, 5.74) is 1.06. The highest BCUT2D eigenvalue weighted by molar-refractivity contribution is 5.31. The second-order valence-electron chi connectivity index (χ2n) is 4.29. The summed E-state index contributed by atoms with van der Waals surface area (Å²) < 4.78 is 0. The summed E-state index contributed by atoms with van der Waals surface area (Å²) in [5, 5.41) is 3.21. The lowest BCUT2D eigenvalue weighted by molar-refractivity contribution is 0.633. The Morgan fingerprint density at radius 1 is 1.14 bits per heavy atom. The molecule has 1 heterocycles. The first-order valence-electron chi connectivity index (χ1n) is 5.15. The maximum Gasteiger partial charge on any atom is 0.144 e. The molecule has 0 fully saturated rings. The van der Waals surface area contributed by atoms with E-state index in [1.807, 2.05) is 6.20 Å². The molecule has 0 aliphatic carbocycles. The van der Waals surface area contributed by atoms with Crippen molar-refractivity contribution in [2.24, 2.45) is 5.92 Å². The highest BCUT2D eigenvalue weighted by Crippen LogP contribution is 2.06.